The first-order valence-electron chi connectivity index (χ1n) is 9.78. The molecule has 0 N–H and O–H groups in total. The van der Waals surface area contributed by atoms with E-state index in [2.05, 4.69) is 29.2 Å². The van der Waals surface area contributed by atoms with Crippen molar-refractivity contribution in [1.29, 1.82) is 0 Å². The normalized spacial score (nSPS) is 24.7. The van der Waals surface area contributed by atoms with Crippen LogP contribution in [0, 0.1) is 11.7 Å². The molecular formula is C23H26FNO2. The van der Waals surface area contributed by atoms with E-state index < -0.39 is 0 Å². The Kier molecular flexibility index (Phi) is 5.26. The fraction of sp³-hybridized carbons (Fsp3) is 0.435. The lowest BCUT2D eigenvalue weighted by atomic mass is 9.85. The number of Topliss-reactive ketones (excluding diaryl/α,β-unsaturated/α-hetero) is 1. The molecule has 0 saturated carbocycles. The predicted octanol–water partition coefficient (Wildman–Crippen LogP) is 4.39. The Morgan fingerprint density at radius 2 is 1.78 bits per heavy atom. The molecule has 0 aromatic heterocycles. The van der Waals surface area contributed by atoms with Gasteiger partial charge in [0.2, 0.25) is 0 Å². The van der Waals surface area contributed by atoms with Crippen LogP contribution in [0.1, 0.15) is 36.8 Å². The molecule has 2 aromatic carbocycles. The minimum absolute atomic E-state index is 0.0868. The quantitative estimate of drug-likeness (QED) is 0.758. The molecule has 2 fully saturated rings. The maximum Gasteiger partial charge on any atom is 0.140 e. The second-order valence-electron chi connectivity index (χ2n) is 7.85. The average molecular weight is 367 g/mol. The predicted molar refractivity (Wildman–Crippen MR) is 103 cm³/mol. The van der Waals surface area contributed by atoms with E-state index in [4.69, 9.17) is 4.74 Å². The molecule has 2 aromatic rings. The second kappa shape index (κ2) is 7.81. The van der Waals surface area contributed by atoms with Crippen LogP contribution in [0.5, 0.6) is 5.75 Å². The Bertz CT molecular complexity index is 793. The summed E-state index contributed by atoms with van der Waals surface area (Å²) >= 11 is 0. The Hall–Kier alpha value is -2.20. The Labute approximate surface area is 160 Å². The zero-order valence-electron chi connectivity index (χ0n) is 15.7. The van der Waals surface area contributed by atoms with Gasteiger partial charge in [0.15, 0.2) is 0 Å². The van der Waals surface area contributed by atoms with Crippen LogP contribution < -0.4 is 4.74 Å². The summed E-state index contributed by atoms with van der Waals surface area (Å²) in [4.78, 5) is 15.5. The highest BCUT2D eigenvalue weighted by molar-refractivity contribution is 5.83. The number of halogens is 1. The van der Waals surface area contributed by atoms with Gasteiger partial charge in [-0.25, -0.2) is 4.39 Å². The monoisotopic (exact) mass is 367 g/mol. The van der Waals surface area contributed by atoms with Crippen molar-refractivity contribution >= 4 is 5.78 Å². The van der Waals surface area contributed by atoms with E-state index in [9.17, 15) is 9.18 Å². The lowest BCUT2D eigenvalue weighted by Gasteiger charge is -2.38. The molecule has 2 bridgehead atoms. The van der Waals surface area contributed by atoms with Crippen LogP contribution in [0.3, 0.4) is 0 Å². The van der Waals surface area contributed by atoms with Crippen LogP contribution in [0.4, 0.5) is 4.39 Å². The standard InChI is InChI=1S/C23H26FNO2/c1-27-22-10-17(9-19(24)14-22)11-23(26)18-12-20-7-8-21(13-18)25(20)15-16-5-3-2-4-6-16/h2-6,9-10,14,18,20-21H,7-8,11-13,15H2,1H3. The van der Waals surface area contributed by atoms with Gasteiger partial charge in [0, 0.05) is 37.0 Å². The molecule has 4 rings (SSSR count). The van der Waals surface area contributed by atoms with Gasteiger partial charge < -0.3 is 4.74 Å². The van der Waals surface area contributed by atoms with E-state index in [1.807, 2.05) is 6.07 Å². The maximum atomic E-state index is 13.7. The molecule has 2 heterocycles. The van der Waals surface area contributed by atoms with Gasteiger partial charge >= 0.3 is 0 Å². The topological polar surface area (TPSA) is 29.5 Å². The number of ketones is 1. The van der Waals surface area contributed by atoms with Crippen molar-refractivity contribution in [3.05, 3.63) is 65.5 Å². The van der Waals surface area contributed by atoms with Gasteiger partial charge in [-0.3, -0.25) is 9.69 Å². The fourth-order valence-electron chi connectivity index (χ4n) is 4.78. The Morgan fingerprint density at radius 3 is 2.44 bits per heavy atom. The van der Waals surface area contributed by atoms with Crippen molar-refractivity contribution < 1.29 is 13.9 Å². The summed E-state index contributed by atoms with van der Waals surface area (Å²) in [6, 6.07) is 16.1. The van der Waals surface area contributed by atoms with Gasteiger partial charge in [-0.15, -0.1) is 0 Å². The summed E-state index contributed by atoms with van der Waals surface area (Å²) in [7, 11) is 1.51. The van der Waals surface area contributed by atoms with Gasteiger partial charge in [0.25, 0.3) is 0 Å². The highest BCUT2D eigenvalue weighted by Gasteiger charge is 2.42. The molecule has 2 aliphatic rings. The highest BCUT2D eigenvalue weighted by atomic mass is 19.1. The number of rotatable bonds is 6. The van der Waals surface area contributed by atoms with E-state index >= 15 is 0 Å². The molecule has 0 spiro atoms. The first-order chi connectivity index (χ1) is 13.1. The number of piperidine rings is 1. The van der Waals surface area contributed by atoms with Crippen LogP contribution >= 0.6 is 0 Å². The van der Waals surface area contributed by atoms with Crippen LogP contribution in [0.15, 0.2) is 48.5 Å². The molecule has 2 saturated heterocycles. The van der Waals surface area contributed by atoms with Gasteiger partial charge in [-0.2, -0.15) is 0 Å². The number of methoxy groups -OCH3 is 1. The number of carbonyl (C=O) groups is 1. The van der Waals surface area contributed by atoms with Crippen molar-refractivity contribution in [2.75, 3.05) is 7.11 Å². The molecular weight excluding hydrogens is 341 g/mol. The van der Waals surface area contributed by atoms with Gasteiger partial charge in [0.1, 0.15) is 17.3 Å². The largest absolute Gasteiger partial charge is 0.497 e. The van der Waals surface area contributed by atoms with E-state index in [-0.39, 0.29) is 23.9 Å². The van der Waals surface area contributed by atoms with Crippen molar-refractivity contribution in [3.63, 3.8) is 0 Å². The zero-order chi connectivity index (χ0) is 18.8. The van der Waals surface area contributed by atoms with E-state index in [0.717, 1.165) is 19.4 Å². The first-order valence-corrected chi connectivity index (χ1v) is 9.78. The smallest absolute Gasteiger partial charge is 0.140 e. The summed E-state index contributed by atoms with van der Waals surface area (Å²) in [6.07, 6.45) is 4.49. The minimum atomic E-state index is -0.352. The molecule has 0 amide bonds. The SMILES string of the molecule is COc1cc(F)cc(CC(=O)C2CC3CCC(C2)N3Cc2ccccc2)c1. The number of carbonyl (C=O) groups excluding carboxylic acids is 1. The summed E-state index contributed by atoms with van der Waals surface area (Å²) in [6.45, 7) is 0.970. The molecule has 0 aliphatic carbocycles. The summed E-state index contributed by atoms with van der Waals surface area (Å²) < 4.78 is 18.8. The lowest BCUT2D eigenvalue weighted by Crippen LogP contribution is -2.44. The van der Waals surface area contributed by atoms with Crippen LogP contribution in [0.25, 0.3) is 0 Å². The van der Waals surface area contributed by atoms with Crippen LogP contribution in [-0.4, -0.2) is 29.9 Å². The molecule has 2 unspecified atom stereocenters. The lowest BCUT2D eigenvalue weighted by molar-refractivity contribution is -0.124. The van der Waals surface area contributed by atoms with Crippen molar-refractivity contribution in [2.24, 2.45) is 5.92 Å². The molecule has 2 aliphatic heterocycles. The number of fused-ring (bicyclic) bond motifs is 2. The molecule has 3 nitrogen and oxygen atoms in total. The van der Waals surface area contributed by atoms with Gasteiger partial charge in [-0.1, -0.05) is 30.3 Å². The molecule has 2 atom stereocenters. The Balaban J connectivity index is 1.41. The number of hydrogen-bond donors (Lipinski definition) is 0. The van der Waals surface area contributed by atoms with Crippen molar-refractivity contribution in [2.45, 2.75) is 50.7 Å². The summed E-state index contributed by atoms with van der Waals surface area (Å²) in [5, 5.41) is 0. The first kappa shape index (κ1) is 18.2. The van der Waals surface area contributed by atoms with E-state index in [1.54, 1.807) is 6.07 Å². The molecule has 142 valence electrons. The third-order valence-electron chi connectivity index (χ3n) is 6.09. The molecule has 4 heteroatoms. The highest BCUT2D eigenvalue weighted by Crippen LogP contribution is 2.40. The Morgan fingerprint density at radius 1 is 1.07 bits per heavy atom. The van der Waals surface area contributed by atoms with E-state index in [0.29, 0.717) is 23.4 Å². The van der Waals surface area contributed by atoms with Crippen molar-refractivity contribution in [1.82, 2.24) is 4.90 Å². The fourth-order valence-corrected chi connectivity index (χ4v) is 4.78. The third kappa shape index (κ3) is 4.06. The van der Waals surface area contributed by atoms with Crippen LogP contribution in [-0.2, 0) is 17.8 Å². The summed E-state index contributed by atoms with van der Waals surface area (Å²) in [5.41, 5.74) is 2.04. The van der Waals surface area contributed by atoms with Gasteiger partial charge in [-0.05, 0) is 48.9 Å². The van der Waals surface area contributed by atoms with E-state index in [1.165, 1.54) is 37.6 Å². The average Bonchev–Trinajstić information content (AvgIpc) is 2.89. The zero-order valence-corrected chi connectivity index (χ0v) is 15.7. The number of benzene rings is 2. The number of ether oxygens (including phenoxy) is 1. The van der Waals surface area contributed by atoms with Crippen LogP contribution in [0.2, 0.25) is 0 Å². The second-order valence-corrected chi connectivity index (χ2v) is 7.85. The minimum Gasteiger partial charge on any atom is -0.497 e. The third-order valence-corrected chi connectivity index (χ3v) is 6.09. The van der Waals surface area contributed by atoms with Crippen molar-refractivity contribution in [3.8, 4) is 5.75 Å². The molecule has 0 radical (unpaired) electrons. The summed E-state index contributed by atoms with van der Waals surface area (Å²) in [5.74, 6) is 0.438. The van der Waals surface area contributed by atoms with Gasteiger partial charge in [0.05, 0.1) is 7.11 Å². The maximum absolute atomic E-state index is 13.7. The molecule has 27 heavy (non-hydrogen) atoms. The number of hydrogen-bond acceptors (Lipinski definition) is 3. The number of nitrogens with zero attached hydrogens (tertiary/aromatic N) is 1.